The molecule has 3 aromatic heterocycles. The molecule has 1 aliphatic heterocycles. The zero-order chi connectivity index (χ0) is 21.8. The minimum absolute atomic E-state index is 0.160. The molecule has 1 aromatic carbocycles. The average Bonchev–Trinajstić information content (AvgIpc) is 3.49. The number of nitrogens with zero attached hydrogens (tertiary/aromatic N) is 4. The highest BCUT2D eigenvalue weighted by molar-refractivity contribution is 7.99. The van der Waals surface area contributed by atoms with E-state index in [4.69, 9.17) is 13.9 Å². The van der Waals surface area contributed by atoms with E-state index < -0.39 is 0 Å². The van der Waals surface area contributed by atoms with Crippen molar-refractivity contribution in [2.24, 2.45) is 0 Å². The number of amides is 1. The maximum atomic E-state index is 12.6. The highest BCUT2D eigenvalue weighted by Gasteiger charge is 2.18. The van der Waals surface area contributed by atoms with Crippen LogP contribution in [0.3, 0.4) is 0 Å². The lowest BCUT2D eigenvalue weighted by Gasteiger charge is -2.19. The van der Waals surface area contributed by atoms with Gasteiger partial charge in [-0.05, 0) is 36.4 Å². The fourth-order valence-electron chi connectivity index (χ4n) is 3.23. The van der Waals surface area contributed by atoms with Crippen molar-refractivity contribution in [1.82, 2.24) is 19.7 Å². The monoisotopic (exact) mass is 449 g/mol. The van der Waals surface area contributed by atoms with Crippen molar-refractivity contribution in [3.63, 3.8) is 0 Å². The average molecular weight is 449 g/mol. The highest BCUT2D eigenvalue weighted by atomic mass is 32.2. The van der Waals surface area contributed by atoms with Crippen molar-refractivity contribution in [2.45, 2.75) is 11.7 Å². The van der Waals surface area contributed by atoms with Gasteiger partial charge < -0.3 is 19.2 Å². The van der Waals surface area contributed by atoms with E-state index in [0.29, 0.717) is 53.6 Å². The zero-order valence-corrected chi connectivity index (χ0v) is 17.7. The number of rotatable bonds is 7. The predicted molar refractivity (Wildman–Crippen MR) is 118 cm³/mol. The number of hydrogen-bond acceptors (Lipinski definition) is 8. The second-order valence-electron chi connectivity index (χ2n) is 6.88. The summed E-state index contributed by atoms with van der Waals surface area (Å²) in [6.45, 7) is 1.44. The topological polar surface area (TPSA) is 104 Å². The number of thioether (sulfide) groups is 1. The van der Waals surface area contributed by atoms with Crippen molar-refractivity contribution in [3.8, 4) is 23.0 Å². The second kappa shape index (κ2) is 9.15. The summed E-state index contributed by atoms with van der Waals surface area (Å²) in [7, 11) is 0. The fraction of sp³-hybridized carbons (Fsp3) is 0.182. The molecule has 0 bridgehead atoms. The second-order valence-corrected chi connectivity index (χ2v) is 7.82. The molecule has 32 heavy (non-hydrogen) atoms. The smallest absolute Gasteiger partial charge is 0.234 e. The first kappa shape index (κ1) is 20.1. The number of anilines is 1. The van der Waals surface area contributed by atoms with Crippen molar-refractivity contribution in [3.05, 3.63) is 66.8 Å². The molecule has 0 aliphatic carbocycles. The number of aromatic nitrogens is 4. The van der Waals surface area contributed by atoms with Crippen LogP contribution in [0.5, 0.6) is 11.5 Å². The summed E-state index contributed by atoms with van der Waals surface area (Å²) in [6, 6.07) is 14.6. The number of carbonyl (C=O) groups excluding carboxylic acids is 1. The molecule has 1 aliphatic rings. The van der Waals surface area contributed by atoms with E-state index in [0.717, 1.165) is 5.76 Å². The molecule has 4 heterocycles. The van der Waals surface area contributed by atoms with Gasteiger partial charge in [0.2, 0.25) is 5.91 Å². The minimum Gasteiger partial charge on any atom is -0.486 e. The summed E-state index contributed by atoms with van der Waals surface area (Å²) >= 11 is 1.29. The van der Waals surface area contributed by atoms with Gasteiger partial charge in [0.25, 0.3) is 0 Å². The van der Waals surface area contributed by atoms with Crippen LogP contribution < -0.4 is 14.8 Å². The van der Waals surface area contributed by atoms with Crippen molar-refractivity contribution >= 4 is 23.4 Å². The van der Waals surface area contributed by atoms with Crippen LogP contribution in [0.25, 0.3) is 11.5 Å². The van der Waals surface area contributed by atoms with Gasteiger partial charge in [0.1, 0.15) is 24.7 Å². The number of fused-ring (bicyclic) bond motifs is 1. The van der Waals surface area contributed by atoms with Crippen molar-refractivity contribution in [2.75, 3.05) is 24.3 Å². The van der Waals surface area contributed by atoms with Crippen LogP contribution in [-0.2, 0) is 11.3 Å². The highest BCUT2D eigenvalue weighted by Crippen LogP contribution is 2.32. The first-order valence-corrected chi connectivity index (χ1v) is 10.9. The normalized spacial score (nSPS) is 12.5. The van der Waals surface area contributed by atoms with Gasteiger partial charge >= 0.3 is 0 Å². The lowest BCUT2D eigenvalue weighted by molar-refractivity contribution is -0.113. The van der Waals surface area contributed by atoms with Gasteiger partial charge in [0.05, 0.1) is 18.6 Å². The molecule has 0 saturated heterocycles. The van der Waals surface area contributed by atoms with Crippen LogP contribution in [0.4, 0.5) is 5.69 Å². The Labute approximate surface area is 187 Å². The van der Waals surface area contributed by atoms with Gasteiger partial charge in [-0.25, -0.2) is 0 Å². The van der Waals surface area contributed by atoms with E-state index in [1.165, 1.54) is 11.8 Å². The van der Waals surface area contributed by atoms with Crippen molar-refractivity contribution in [1.29, 1.82) is 0 Å². The van der Waals surface area contributed by atoms with Gasteiger partial charge in [-0.2, -0.15) is 0 Å². The van der Waals surface area contributed by atoms with Gasteiger partial charge in [0, 0.05) is 18.0 Å². The van der Waals surface area contributed by atoms with Gasteiger partial charge in [-0.15, -0.1) is 10.2 Å². The third kappa shape index (κ3) is 4.45. The maximum Gasteiger partial charge on any atom is 0.234 e. The number of carbonyl (C=O) groups is 1. The Morgan fingerprint density at radius 1 is 1.06 bits per heavy atom. The molecular weight excluding hydrogens is 430 g/mol. The van der Waals surface area contributed by atoms with Crippen LogP contribution >= 0.6 is 11.8 Å². The molecule has 0 spiro atoms. The predicted octanol–water partition coefficient (Wildman–Crippen LogP) is 3.48. The number of benzene rings is 1. The maximum absolute atomic E-state index is 12.6. The number of ether oxygens (including phenoxy) is 2. The number of hydrogen-bond donors (Lipinski definition) is 1. The fourth-order valence-corrected chi connectivity index (χ4v) is 3.97. The minimum atomic E-state index is -0.168. The zero-order valence-electron chi connectivity index (χ0n) is 16.9. The third-order valence-corrected chi connectivity index (χ3v) is 5.63. The third-order valence-electron chi connectivity index (χ3n) is 4.66. The molecule has 0 fully saturated rings. The largest absolute Gasteiger partial charge is 0.486 e. The Kier molecular flexibility index (Phi) is 5.75. The molecule has 9 nitrogen and oxygen atoms in total. The summed E-state index contributed by atoms with van der Waals surface area (Å²) in [5, 5.41) is 12.1. The summed E-state index contributed by atoms with van der Waals surface area (Å²) in [5.41, 5.74) is 1.34. The molecule has 0 saturated carbocycles. The van der Waals surface area contributed by atoms with E-state index in [2.05, 4.69) is 20.5 Å². The Morgan fingerprint density at radius 3 is 2.78 bits per heavy atom. The van der Waals surface area contributed by atoms with Crippen LogP contribution in [0.15, 0.2) is 70.6 Å². The summed E-state index contributed by atoms with van der Waals surface area (Å²) in [6.07, 6.45) is 3.32. The SMILES string of the molecule is O=C(CSc1nnc(-c2ccccn2)n1Cc1ccco1)Nc1ccc2c(c1)OCCO2. The van der Waals surface area contributed by atoms with E-state index >= 15 is 0 Å². The summed E-state index contributed by atoms with van der Waals surface area (Å²) in [5.74, 6) is 2.66. The Balaban J connectivity index is 1.30. The molecule has 1 amide bonds. The first-order chi connectivity index (χ1) is 15.8. The lowest BCUT2D eigenvalue weighted by atomic mass is 10.2. The van der Waals surface area contributed by atoms with Crippen LogP contribution in [-0.4, -0.2) is 44.6 Å². The number of nitrogens with one attached hydrogen (secondary N) is 1. The summed E-state index contributed by atoms with van der Waals surface area (Å²) in [4.78, 5) is 16.9. The lowest BCUT2D eigenvalue weighted by Crippen LogP contribution is -2.17. The molecule has 10 heteroatoms. The molecule has 0 radical (unpaired) electrons. The quantitative estimate of drug-likeness (QED) is 0.428. The van der Waals surface area contributed by atoms with E-state index in [1.54, 1.807) is 30.7 Å². The van der Waals surface area contributed by atoms with E-state index in [9.17, 15) is 4.79 Å². The standard InChI is InChI=1S/C22H19N5O4S/c28-20(24-15-6-7-18-19(12-15)31-11-10-30-18)14-32-22-26-25-21(17-5-1-2-8-23-17)27(22)13-16-4-3-9-29-16/h1-9,12H,10-11,13-14H2,(H,24,28). The van der Waals surface area contributed by atoms with Crippen LogP contribution in [0, 0.1) is 0 Å². The molecular formula is C22H19N5O4S. The Bertz CT molecular complexity index is 1210. The molecule has 5 rings (SSSR count). The summed E-state index contributed by atoms with van der Waals surface area (Å²) < 4.78 is 18.5. The van der Waals surface area contributed by atoms with E-state index in [-0.39, 0.29) is 11.7 Å². The molecule has 0 unspecified atom stereocenters. The van der Waals surface area contributed by atoms with Crippen molar-refractivity contribution < 1.29 is 18.7 Å². The Hall–Kier alpha value is -3.79. The number of furan rings is 1. The van der Waals surface area contributed by atoms with Crippen LogP contribution in [0.1, 0.15) is 5.76 Å². The number of pyridine rings is 1. The van der Waals surface area contributed by atoms with Gasteiger partial charge in [-0.3, -0.25) is 14.3 Å². The molecule has 0 atom stereocenters. The van der Waals surface area contributed by atoms with Crippen LogP contribution in [0.2, 0.25) is 0 Å². The van der Waals surface area contributed by atoms with E-state index in [1.807, 2.05) is 34.9 Å². The Morgan fingerprint density at radius 2 is 1.97 bits per heavy atom. The molecule has 162 valence electrons. The van der Waals surface area contributed by atoms with Gasteiger partial charge in [-0.1, -0.05) is 17.8 Å². The van der Waals surface area contributed by atoms with Gasteiger partial charge in [0.15, 0.2) is 22.5 Å². The molecule has 1 N–H and O–H groups in total. The first-order valence-electron chi connectivity index (χ1n) is 9.95. The molecule has 4 aromatic rings.